The van der Waals surface area contributed by atoms with Crippen LogP contribution < -0.4 is 14.2 Å². The number of esters is 1. The van der Waals surface area contributed by atoms with Crippen LogP contribution >= 0.6 is 0 Å². The van der Waals surface area contributed by atoms with Gasteiger partial charge in [-0.15, -0.1) is 0 Å². The Morgan fingerprint density at radius 2 is 1.58 bits per heavy atom. The third kappa shape index (κ3) is 4.88. The molecule has 0 saturated heterocycles. The highest BCUT2D eigenvalue weighted by molar-refractivity contribution is 5.89. The molecule has 26 heavy (non-hydrogen) atoms. The van der Waals surface area contributed by atoms with Gasteiger partial charge in [0.15, 0.2) is 11.5 Å². The van der Waals surface area contributed by atoms with Crippen LogP contribution in [0.1, 0.15) is 37.5 Å². The standard InChI is InChI=1S/C22H26O4/c1-15-7-10-18(17(13-15)22(2,3)4)26-21(23)12-9-16-8-11-19(24-5)20(14-16)25-6/h7-14H,1-6H3/b12-9+. The summed E-state index contributed by atoms with van der Waals surface area (Å²) in [4.78, 5) is 12.3. The van der Waals surface area contributed by atoms with Gasteiger partial charge in [-0.2, -0.15) is 0 Å². The van der Waals surface area contributed by atoms with Gasteiger partial charge >= 0.3 is 5.97 Å². The summed E-state index contributed by atoms with van der Waals surface area (Å²) in [6.07, 6.45) is 3.10. The Bertz CT molecular complexity index is 813. The van der Waals surface area contributed by atoms with Crippen LogP contribution in [0.25, 0.3) is 6.08 Å². The molecule has 0 fully saturated rings. The summed E-state index contributed by atoms with van der Waals surface area (Å²) in [5.74, 6) is 1.41. The van der Waals surface area contributed by atoms with E-state index >= 15 is 0 Å². The average molecular weight is 354 g/mol. The maximum atomic E-state index is 12.3. The van der Waals surface area contributed by atoms with E-state index in [4.69, 9.17) is 14.2 Å². The summed E-state index contributed by atoms with van der Waals surface area (Å²) >= 11 is 0. The second-order valence-corrected chi connectivity index (χ2v) is 7.12. The molecular weight excluding hydrogens is 328 g/mol. The lowest BCUT2D eigenvalue weighted by atomic mass is 9.85. The Hall–Kier alpha value is -2.75. The Kier molecular flexibility index (Phi) is 6.09. The lowest BCUT2D eigenvalue weighted by molar-refractivity contribution is -0.128. The number of ether oxygens (including phenoxy) is 3. The van der Waals surface area contributed by atoms with E-state index in [9.17, 15) is 4.79 Å². The molecule has 0 aliphatic rings. The monoisotopic (exact) mass is 354 g/mol. The minimum Gasteiger partial charge on any atom is -0.493 e. The first-order valence-electron chi connectivity index (χ1n) is 8.47. The predicted octanol–water partition coefficient (Wildman–Crippen LogP) is 4.93. The third-order valence-corrected chi connectivity index (χ3v) is 3.97. The number of aryl methyl sites for hydroxylation is 1. The Labute approximate surface area is 155 Å². The summed E-state index contributed by atoms with van der Waals surface area (Å²) in [6.45, 7) is 8.31. The molecule has 2 aromatic rings. The van der Waals surface area contributed by atoms with Gasteiger partial charge in [-0.1, -0.05) is 44.5 Å². The van der Waals surface area contributed by atoms with Crippen LogP contribution in [0.5, 0.6) is 17.2 Å². The van der Waals surface area contributed by atoms with Crippen molar-refractivity contribution in [2.75, 3.05) is 14.2 Å². The third-order valence-electron chi connectivity index (χ3n) is 3.97. The van der Waals surface area contributed by atoms with Gasteiger partial charge in [0.05, 0.1) is 14.2 Å². The summed E-state index contributed by atoms with van der Waals surface area (Å²) < 4.78 is 16.0. The van der Waals surface area contributed by atoms with Gasteiger partial charge in [-0.25, -0.2) is 4.79 Å². The van der Waals surface area contributed by atoms with Crippen molar-refractivity contribution in [1.29, 1.82) is 0 Å². The average Bonchev–Trinajstić information content (AvgIpc) is 2.60. The number of carbonyl (C=O) groups excluding carboxylic acids is 1. The quantitative estimate of drug-likeness (QED) is 0.434. The SMILES string of the molecule is COc1ccc(/C=C/C(=O)Oc2ccc(C)cc2C(C)(C)C)cc1OC. The zero-order valence-electron chi connectivity index (χ0n) is 16.3. The molecule has 4 heteroatoms. The summed E-state index contributed by atoms with van der Waals surface area (Å²) in [7, 11) is 3.16. The van der Waals surface area contributed by atoms with Crippen LogP contribution in [0.15, 0.2) is 42.5 Å². The molecule has 0 heterocycles. The minimum absolute atomic E-state index is 0.116. The van der Waals surface area contributed by atoms with Crippen molar-refractivity contribution in [3.05, 3.63) is 59.2 Å². The number of carbonyl (C=O) groups is 1. The maximum absolute atomic E-state index is 12.3. The molecule has 0 unspecified atom stereocenters. The topological polar surface area (TPSA) is 44.8 Å². The Morgan fingerprint density at radius 3 is 2.19 bits per heavy atom. The van der Waals surface area contributed by atoms with Crippen LogP contribution in [-0.2, 0) is 10.2 Å². The molecule has 138 valence electrons. The second kappa shape index (κ2) is 8.09. The van der Waals surface area contributed by atoms with E-state index in [0.717, 1.165) is 16.7 Å². The molecule has 0 N–H and O–H groups in total. The van der Waals surface area contributed by atoms with Crippen molar-refractivity contribution in [3.63, 3.8) is 0 Å². The first-order chi connectivity index (χ1) is 12.2. The zero-order chi connectivity index (χ0) is 19.3. The first kappa shape index (κ1) is 19.6. The van der Waals surface area contributed by atoms with Gasteiger partial charge in [0.25, 0.3) is 0 Å². The molecule has 4 nitrogen and oxygen atoms in total. The van der Waals surface area contributed by atoms with Crippen LogP contribution in [0.4, 0.5) is 0 Å². The Morgan fingerprint density at radius 1 is 0.923 bits per heavy atom. The summed E-state index contributed by atoms with van der Waals surface area (Å²) in [5.41, 5.74) is 2.84. The number of rotatable bonds is 5. The zero-order valence-corrected chi connectivity index (χ0v) is 16.3. The van der Waals surface area contributed by atoms with Crippen LogP contribution in [0.2, 0.25) is 0 Å². The molecule has 0 radical (unpaired) electrons. The van der Waals surface area contributed by atoms with Gasteiger partial charge in [-0.05, 0) is 42.2 Å². The van der Waals surface area contributed by atoms with Crippen molar-refractivity contribution in [2.24, 2.45) is 0 Å². The van der Waals surface area contributed by atoms with Crippen molar-refractivity contribution in [3.8, 4) is 17.2 Å². The fourth-order valence-corrected chi connectivity index (χ4v) is 2.58. The van der Waals surface area contributed by atoms with Gasteiger partial charge in [0.2, 0.25) is 0 Å². The summed E-state index contributed by atoms with van der Waals surface area (Å²) in [6, 6.07) is 11.3. The van der Waals surface area contributed by atoms with Gasteiger partial charge < -0.3 is 14.2 Å². The van der Waals surface area contributed by atoms with Crippen LogP contribution in [0, 0.1) is 6.92 Å². The molecule has 0 saturated carbocycles. The second-order valence-electron chi connectivity index (χ2n) is 7.12. The van der Waals surface area contributed by atoms with Crippen molar-refractivity contribution in [1.82, 2.24) is 0 Å². The molecule has 0 amide bonds. The van der Waals surface area contributed by atoms with Crippen molar-refractivity contribution >= 4 is 12.0 Å². The van der Waals surface area contributed by atoms with Gasteiger partial charge in [0, 0.05) is 11.6 Å². The van der Waals surface area contributed by atoms with E-state index in [0.29, 0.717) is 17.2 Å². The van der Waals surface area contributed by atoms with E-state index in [2.05, 4.69) is 26.8 Å². The fourth-order valence-electron chi connectivity index (χ4n) is 2.58. The normalized spacial score (nSPS) is 11.5. The lowest BCUT2D eigenvalue weighted by Gasteiger charge is -2.22. The largest absolute Gasteiger partial charge is 0.493 e. The van der Waals surface area contributed by atoms with Crippen LogP contribution in [-0.4, -0.2) is 20.2 Å². The number of methoxy groups -OCH3 is 2. The minimum atomic E-state index is -0.422. The van der Waals surface area contributed by atoms with Crippen molar-refractivity contribution in [2.45, 2.75) is 33.1 Å². The lowest BCUT2D eigenvalue weighted by Crippen LogP contribution is -2.15. The molecule has 0 aliphatic heterocycles. The molecule has 0 bridgehead atoms. The van der Waals surface area contributed by atoms with Crippen LogP contribution in [0.3, 0.4) is 0 Å². The number of benzene rings is 2. The predicted molar refractivity (Wildman–Crippen MR) is 104 cm³/mol. The smallest absolute Gasteiger partial charge is 0.336 e. The molecular formula is C22H26O4. The molecule has 0 aromatic heterocycles. The van der Waals surface area contributed by atoms with E-state index in [1.807, 2.05) is 25.1 Å². The molecule has 0 spiro atoms. The molecule has 0 aliphatic carbocycles. The van der Waals surface area contributed by atoms with E-state index < -0.39 is 5.97 Å². The highest BCUT2D eigenvalue weighted by Gasteiger charge is 2.20. The Balaban J connectivity index is 2.18. The first-order valence-corrected chi connectivity index (χ1v) is 8.47. The maximum Gasteiger partial charge on any atom is 0.336 e. The highest BCUT2D eigenvalue weighted by Crippen LogP contribution is 2.32. The van der Waals surface area contributed by atoms with Gasteiger partial charge in [0.1, 0.15) is 5.75 Å². The van der Waals surface area contributed by atoms with E-state index in [1.165, 1.54) is 6.08 Å². The number of hydrogen-bond donors (Lipinski definition) is 0. The molecule has 2 rings (SSSR count). The fraction of sp³-hybridized carbons (Fsp3) is 0.318. The summed E-state index contributed by atoms with van der Waals surface area (Å²) in [5, 5.41) is 0. The van der Waals surface area contributed by atoms with Gasteiger partial charge in [-0.3, -0.25) is 0 Å². The van der Waals surface area contributed by atoms with E-state index in [1.54, 1.807) is 32.4 Å². The molecule has 2 aromatic carbocycles. The number of hydrogen-bond acceptors (Lipinski definition) is 4. The molecule has 0 atom stereocenters. The highest BCUT2D eigenvalue weighted by atomic mass is 16.5. The van der Waals surface area contributed by atoms with Crippen molar-refractivity contribution < 1.29 is 19.0 Å². The van der Waals surface area contributed by atoms with E-state index in [-0.39, 0.29) is 5.41 Å².